The van der Waals surface area contributed by atoms with Gasteiger partial charge in [-0.2, -0.15) is 0 Å². The van der Waals surface area contributed by atoms with E-state index in [1.54, 1.807) is 7.11 Å². The van der Waals surface area contributed by atoms with Crippen molar-refractivity contribution in [3.05, 3.63) is 125 Å². The number of methoxy groups -OCH3 is 1. The zero-order chi connectivity index (χ0) is 24.5. The van der Waals surface area contributed by atoms with Crippen molar-refractivity contribution in [3.8, 4) is 23.0 Å². The van der Waals surface area contributed by atoms with E-state index in [9.17, 15) is 0 Å². The highest BCUT2D eigenvalue weighted by Gasteiger charge is 2.13. The Labute approximate surface area is 211 Å². The van der Waals surface area contributed by atoms with Crippen LogP contribution in [0.4, 0.5) is 5.69 Å². The highest BCUT2D eigenvalue weighted by atomic mass is 35.5. The number of rotatable bonds is 11. The summed E-state index contributed by atoms with van der Waals surface area (Å²) in [6.45, 7) is 4.93. The number of hydrogen-bond acceptors (Lipinski definition) is 4. The zero-order valence-electron chi connectivity index (χ0n) is 19.7. The molecule has 4 aromatic rings. The van der Waals surface area contributed by atoms with Gasteiger partial charge >= 0.3 is 0 Å². The van der Waals surface area contributed by atoms with Crippen molar-refractivity contribution in [2.45, 2.75) is 19.6 Å². The standard InChI is InChI=1S/C30H28ClNO3/c1-3-8-24-17-23(19-29(33-2)30(24)34-21-22-9-7-10-25(31)18-22)20-32-26-13-15-28(16-14-26)35-27-11-5-4-6-12-27/h3-7,9-19,32H,1,8,20-21H2,2H3. The summed E-state index contributed by atoms with van der Waals surface area (Å²) >= 11 is 6.11. The smallest absolute Gasteiger partial charge is 0.165 e. The third kappa shape index (κ3) is 6.81. The Morgan fingerprint density at radius 1 is 0.857 bits per heavy atom. The molecule has 0 saturated carbocycles. The number of hydrogen-bond donors (Lipinski definition) is 1. The lowest BCUT2D eigenvalue weighted by Gasteiger charge is -2.17. The monoisotopic (exact) mass is 485 g/mol. The van der Waals surface area contributed by atoms with Gasteiger partial charge in [-0.05, 0) is 78.2 Å². The molecule has 4 rings (SSSR count). The van der Waals surface area contributed by atoms with E-state index in [0.717, 1.165) is 39.6 Å². The number of allylic oxidation sites excluding steroid dienone is 1. The van der Waals surface area contributed by atoms with Crippen molar-refractivity contribution < 1.29 is 14.2 Å². The van der Waals surface area contributed by atoms with E-state index in [-0.39, 0.29) is 0 Å². The highest BCUT2D eigenvalue weighted by Crippen LogP contribution is 2.35. The molecule has 1 N–H and O–H groups in total. The lowest BCUT2D eigenvalue weighted by molar-refractivity contribution is 0.281. The molecule has 0 unspecified atom stereocenters. The number of para-hydroxylation sites is 1. The fourth-order valence-electron chi connectivity index (χ4n) is 3.70. The second kappa shape index (κ2) is 12.0. The SMILES string of the molecule is C=CCc1cc(CNc2ccc(Oc3ccccc3)cc2)cc(OC)c1OCc1cccc(Cl)c1. The minimum atomic E-state index is 0.399. The first-order chi connectivity index (χ1) is 17.1. The van der Waals surface area contributed by atoms with Crippen molar-refractivity contribution in [2.75, 3.05) is 12.4 Å². The van der Waals surface area contributed by atoms with E-state index in [1.807, 2.05) is 91.0 Å². The lowest BCUT2D eigenvalue weighted by Crippen LogP contribution is -2.05. The van der Waals surface area contributed by atoms with E-state index >= 15 is 0 Å². The fourth-order valence-corrected chi connectivity index (χ4v) is 3.91. The Hall–Kier alpha value is -3.89. The first-order valence-electron chi connectivity index (χ1n) is 11.4. The van der Waals surface area contributed by atoms with Crippen LogP contribution in [0, 0.1) is 0 Å². The maximum atomic E-state index is 6.17. The molecule has 0 aliphatic carbocycles. The van der Waals surface area contributed by atoms with E-state index in [4.69, 9.17) is 25.8 Å². The number of benzene rings is 4. The summed E-state index contributed by atoms with van der Waals surface area (Å²) in [6.07, 6.45) is 2.53. The molecule has 0 amide bonds. The van der Waals surface area contributed by atoms with Crippen LogP contribution in [-0.4, -0.2) is 7.11 Å². The Morgan fingerprint density at radius 2 is 1.63 bits per heavy atom. The van der Waals surface area contributed by atoms with Gasteiger partial charge in [-0.15, -0.1) is 6.58 Å². The summed E-state index contributed by atoms with van der Waals surface area (Å²) in [6, 6.07) is 29.4. The minimum absolute atomic E-state index is 0.399. The Kier molecular flexibility index (Phi) is 8.31. The van der Waals surface area contributed by atoms with Gasteiger partial charge in [0.05, 0.1) is 7.11 Å². The molecule has 0 aliphatic rings. The number of anilines is 1. The van der Waals surface area contributed by atoms with Crippen molar-refractivity contribution >= 4 is 17.3 Å². The summed E-state index contributed by atoms with van der Waals surface area (Å²) in [7, 11) is 1.65. The number of halogens is 1. The first kappa shape index (κ1) is 24.2. The van der Waals surface area contributed by atoms with Crippen molar-refractivity contribution in [1.29, 1.82) is 0 Å². The van der Waals surface area contributed by atoms with Crippen LogP contribution >= 0.6 is 11.6 Å². The quantitative estimate of drug-likeness (QED) is 0.218. The summed E-state index contributed by atoms with van der Waals surface area (Å²) < 4.78 is 17.7. The predicted octanol–water partition coefficient (Wildman–Crippen LogP) is 8.06. The van der Waals surface area contributed by atoms with Gasteiger partial charge in [-0.1, -0.05) is 48.0 Å². The van der Waals surface area contributed by atoms with Crippen LogP contribution in [0.1, 0.15) is 16.7 Å². The van der Waals surface area contributed by atoms with E-state index in [0.29, 0.717) is 30.3 Å². The van der Waals surface area contributed by atoms with Crippen LogP contribution in [-0.2, 0) is 19.6 Å². The third-order valence-corrected chi connectivity index (χ3v) is 5.61. The van der Waals surface area contributed by atoms with E-state index in [1.165, 1.54) is 0 Å². The average Bonchev–Trinajstić information content (AvgIpc) is 2.88. The molecule has 178 valence electrons. The molecule has 0 aliphatic heterocycles. The summed E-state index contributed by atoms with van der Waals surface area (Å²) in [5.74, 6) is 3.01. The van der Waals surface area contributed by atoms with Crippen LogP contribution in [0.3, 0.4) is 0 Å². The molecular weight excluding hydrogens is 458 g/mol. The van der Waals surface area contributed by atoms with Crippen LogP contribution in [0.2, 0.25) is 5.02 Å². The molecule has 35 heavy (non-hydrogen) atoms. The van der Waals surface area contributed by atoms with Gasteiger partial charge in [0.25, 0.3) is 0 Å². The molecular formula is C30H28ClNO3. The van der Waals surface area contributed by atoms with Crippen molar-refractivity contribution in [1.82, 2.24) is 0 Å². The normalized spacial score (nSPS) is 10.5. The fraction of sp³-hybridized carbons (Fsp3) is 0.133. The van der Waals surface area contributed by atoms with E-state index in [2.05, 4.69) is 18.0 Å². The van der Waals surface area contributed by atoms with Crippen molar-refractivity contribution in [2.24, 2.45) is 0 Å². The molecule has 0 fully saturated rings. The Morgan fingerprint density at radius 3 is 2.34 bits per heavy atom. The van der Waals surface area contributed by atoms with Gasteiger partial charge in [-0.25, -0.2) is 0 Å². The van der Waals surface area contributed by atoms with Crippen LogP contribution in [0.15, 0.2) is 104 Å². The van der Waals surface area contributed by atoms with Gasteiger partial charge in [-0.3, -0.25) is 0 Å². The van der Waals surface area contributed by atoms with Crippen LogP contribution < -0.4 is 19.5 Å². The molecule has 0 saturated heterocycles. The van der Waals surface area contributed by atoms with Crippen molar-refractivity contribution in [3.63, 3.8) is 0 Å². The largest absolute Gasteiger partial charge is 0.493 e. The molecule has 0 heterocycles. The molecule has 5 heteroatoms. The highest BCUT2D eigenvalue weighted by molar-refractivity contribution is 6.30. The maximum absolute atomic E-state index is 6.17. The van der Waals surface area contributed by atoms with Gasteiger partial charge in [0.15, 0.2) is 11.5 Å². The molecule has 4 nitrogen and oxygen atoms in total. The Bertz CT molecular complexity index is 1260. The summed E-state index contributed by atoms with van der Waals surface area (Å²) in [5, 5.41) is 4.15. The molecule has 0 atom stereocenters. The average molecular weight is 486 g/mol. The van der Waals surface area contributed by atoms with Gasteiger partial charge in [0.1, 0.15) is 18.1 Å². The van der Waals surface area contributed by atoms with Gasteiger partial charge in [0.2, 0.25) is 0 Å². The molecule has 4 aromatic carbocycles. The number of nitrogens with one attached hydrogen (secondary N) is 1. The maximum Gasteiger partial charge on any atom is 0.165 e. The summed E-state index contributed by atoms with van der Waals surface area (Å²) in [4.78, 5) is 0. The second-order valence-corrected chi connectivity index (χ2v) is 8.43. The minimum Gasteiger partial charge on any atom is -0.493 e. The Balaban J connectivity index is 1.44. The van der Waals surface area contributed by atoms with Gasteiger partial charge < -0.3 is 19.5 Å². The topological polar surface area (TPSA) is 39.7 Å². The second-order valence-electron chi connectivity index (χ2n) is 7.99. The number of ether oxygens (including phenoxy) is 3. The molecule has 0 aromatic heterocycles. The zero-order valence-corrected chi connectivity index (χ0v) is 20.4. The molecule has 0 bridgehead atoms. The first-order valence-corrected chi connectivity index (χ1v) is 11.8. The van der Waals surface area contributed by atoms with Crippen LogP contribution in [0.25, 0.3) is 0 Å². The third-order valence-electron chi connectivity index (χ3n) is 5.38. The van der Waals surface area contributed by atoms with Gasteiger partial charge in [0, 0.05) is 22.8 Å². The van der Waals surface area contributed by atoms with E-state index < -0.39 is 0 Å². The van der Waals surface area contributed by atoms with Crippen LogP contribution in [0.5, 0.6) is 23.0 Å². The summed E-state index contributed by atoms with van der Waals surface area (Å²) in [5.41, 5.74) is 4.09. The molecule has 0 spiro atoms. The molecule has 0 radical (unpaired) electrons. The predicted molar refractivity (Wildman–Crippen MR) is 143 cm³/mol. The lowest BCUT2D eigenvalue weighted by atomic mass is 10.1.